The highest BCUT2D eigenvalue weighted by Crippen LogP contribution is 2.36. The third kappa shape index (κ3) is 3.34. The lowest BCUT2D eigenvalue weighted by molar-refractivity contribution is 0.104. The Hall–Kier alpha value is -2.12. The van der Waals surface area contributed by atoms with Crippen molar-refractivity contribution in [3.63, 3.8) is 0 Å². The summed E-state index contributed by atoms with van der Waals surface area (Å²) in [5.41, 5.74) is 2.11. The predicted octanol–water partition coefficient (Wildman–Crippen LogP) is 3.92. The van der Waals surface area contributed by atoms with Gasteiger partial charge in [0.25, 0.3) is 9.84 Å². The molecule has 0 aliphatic carbocycles. The van der Waals surface area contributed by atoms with E-state index in [2.05, 4.69) is 0 Å². The fourth-order valence-electron chi connectivity index (χ4n) is 2.74. The minimum atomic E-state index is -5.13. The number of rotatable bonds is 5. The maximum Gasteiger partial charge on any atom is 0.400 e. The van der Waals surface area contributed by atoms with Crippen LogP contribution in [0.25, 0.3) is 0 Å². The second-order valence-electron chi connectivity index (χ2n) is 5.82. The Kier molecular flexibility index (Phi) is 4.71. The summed E-state index contributed by atoms with van der Waals surface area (Å²) in [7, 11) is -5.13. The first-order valence-electron chi connectivity index (χ1n) is 7.65. The van der Waals surface area contributed by atoms with Crippen molar-refractivity contribution < 1.29 is 21.6 Å². The quantitative estimate of drug-likeness (QED) is 0.804. The van der Waals surface area contributed by atoms with Gasteiger partial charge in [-0.05, 0) is 29.3 Å². The van der Waals surface area contributed by atoms with Crippen LogP contribution in [0.1, 0.15) is 11.1 Å². The number of nitrogens with zero attached hydrogens (tertiary/aromatic N) is 1. The molecule has 25 heavy (non-hydrogen) atoms. The summed E-state index contributed by atoms with van der Waals surface area (Å²) in [6, 6.07) is 13.8. The van der Waals surface area contributed by atoms with E-state index in [4.69, 9.17) is 0 Å². The molecule has 132 valence electrons. The van der Waals surface area contributed by atoms with Crippen molar-refractivity contribution in [1.82, 2.24) is 4.90 Å². The molecule has 0 unspecified atom stereocenters. The average molecular weight is 367 g/mol. The molecular weight excluding hydrogens is 351 g/mol. The highest BCUT2D eigenvalue weighted by Gasteiger charge is 2.50. The van der Waals surface area contributed by atoms with Gasteiger partial charge in [-0.15, -0.1) is 0 Å². The molecule has 1 aliphatic rings. The smallest absolute Gasteiger partial charge is 0.291 e. The molecular formula is C18H16F3NO2S. The number of sulfone groups is 1. The lowest BCUT2D eigenvalue weighted by Gasteiger charge is -2.17. The topological polar surface area (TPSA) is 37.4 Å². The van der Waals surface area contributed by atoms with Crippen LogP contribution in [0.2, 0.25) is 0 Å². The van der Waals surface area contributed by atoms with E-state index in [1.54, 1.807) is 4.90 Å². The maximum absolute atomic E-state index is 14.2. The van der Waals surface area contributed by atoms with Crippen LogP contribution in [0.5, 0.6) is 0 Å². The van der Waals surface area contributed by atoms with Gasteiger partial charge in [0.1, 0.15) is 0 Å². The Morgan fingerprint density at radius 2 is 1.52 bits per heavy atom. The van der Waals surface area contributed by atoms with Crippen LogP contribution < -0.4 is 0 Å². The van der Waals surface area contributed by atoms with Gasteiger partial charge in [-0.2, -0.15) is 8.78 Å². The minimum absolute atomic E-state index is 0.0968. The van der Waals surface area contributed by atoms with Crippen LogP contribution in [0, 0.1) is 0 Å². The first-order valence-corrected chi connectivity index (χ1v) is 9.13. The van der Waals surface area contributed by atoms with E-state index in [1.165, 1.54) is 18.2 Å². The summed E-state index contributed by atoms with van der Waals surface area (Å²) in [6.07, 6.45) is 0.645. The first kappa shape index (κ1) is 17.7. The van der Waals surface area contributed by atoms with Crippen LogP contribution in [0.3, 0.4) is 0 Å². The summed E-state index contributed by atoms with van der Waals surface area (Å²) in [4.78, 5) is 1.15. The molecule has 1 heterocycles. The molecule has 1 aliphatic heterocycles. The van der Waals surface area contributed by atoms with Crippen LogP contribution >= 0.6 is 0 Å². The molecule has 0 atom stereocenters. The standard InChI is InChI=1S/C18H16F3NO2S/c19-17(10-11-22-12-14-6-4-5-7-15(14)13-22)18(20,21)25(23,24)16-8-2-1-3-9-16/h1-10H,11-13H2/b17-10-. The first-order chi connectivity index (χ1) is 11.8. The summed E-state index contributed by atoms with van der Waals surface area (Å²) in [5.74, 6) is -1.95. The zero-order chi connectivity index (χ0) is 18.1. The number of benzene rings is 2. The molecule has 7 heteroatoms. The van der Waals surface area contributed by atoms with Gasteiger partial charge in [-0.1, -0.05) is 42.5 Å². The van der Waals surface area contributed by atoms with Crippen molar-refractivity contribution in [3.05, 3.63) is 77.6 Å². The summed E-state index contributed by atoms with van der Waals surface area (Å²) < 4.78 is 66.4. The summed E-state index contributed by atoms with van der Waals surface area (Å²) in [5, 5.41) is -4.60. The van der Waals surface area contributed by atoms with Crippen LogP contribution in [-0.4, -0.2) is 25.1 Å². The molecule has 3 nitrogen and oxygen atoms in total. The second kappa shape index (κ2) is 6.65. The fourth-order valence-corrected chi connectivity index (χ4v) is 3.89. The molecule has 0 radical (unpaired) electrons. The number of hydrogen-bond acceptors (Lipinski definition) is 3. The van der Waals surface area contributed by atoms with E-state index in [-0.39, 0.29) is 6.54 Å². The molecule has 3 rings (SSSR count). The van der Waals surface area contributed by atoms with Crippen molar-refractivity contribution in [3.8, 4) is 0 Å². The Balaban J connectivity index is 1.76. The second-order valence-corrected chi connectivity index (χ2v) is 7.81. The van der Waals surface area contributed by atoms with Crippen LogP contribution in [-0.2, 0) is 22.9 Å². The van der Waals surface area contributed by atoms with Crippen LogP contribution in [0.4, 0.5) is 13.2 Å². The third-order valence-electron chi connectivity index (χ3n) is 4.10. The number of fused-ring (bicyclic) bond motifs is 1. The van der Waals surface area contributed by atoms with E-state index < -0.39 is 25.8 Å². The van der Waals surface area contributed by atoms with Gasteiger partial charge in [-0.25, -0.2) is 12.8 Å². The largest absolute Gasteiger partial charge is 0.400 e. The Morgan fingerprint density at radius 3 is 2.08 bits per heavy atom. The van der Waals surface area contributed by atoms with E-state index in [0.29, 0.717) is 19.2 Å². The van der Waals surface area contributed by atoms with Gasteiger partial charge in [-0.3, -0.25) is 4.90 Å². The van der Waals surface area contributed by atoms with Crippen LogP contribution in [0.15, 0.2) is 71.4 Å². The molecule has 0 N–H and O–H groups in total. The normalized spacial score (nSPS) is 16.0. The average Bonchev–Trinajstić information content (AvgIpc) is 3.03. The molecule has 2 aromatic carbocycles. The lowest BCUT2D eigenvalue weighted by atomic mass is 10.1. The molecule has 0 saturated heterocycles. The van der Waals surface area contributed by atoms with E-state index in [9.17, 15) is 21.6 Å². The molecule has 0 spiro atoms. The van der Waals surface area contributed by atoms with Gasteiger partial charge >= 0.3 is 5.25 Å². The molecule has 0 amide bonds. The maximum atomic E-state index is 14.2. The predicted molar refractivity (Wildman–Crippen MR) is 88.3 cm³/mol. The number of hydrogen-bond donors (Lipinski definition) is 0. The van der Waals surface area contributed by atoms with Gasteiger partial charge in [0.15, 0.2) is 5.83 Å². The van der Waals surface area contributed by atoms with Gasteiger partial charge in [0, 0.05) is 19.6 Å². The highest BCUT2D eigenvalue weighted by molar-refractivity contribution is 7.92. The van der Waals surface area contributed by atoms with E-state index >= 15 is 0 Å². The fraction of sp³-hybridized carbons (Fsp3) is 0.222. The van der Waals surface area contributed by atoms with Gasteiger partial charge in [0.05, 0.1) is 4.90 Å². The van der Waals surface area contributed by atoms with E-state index in [0.717, 1.165) is 23.3 Å². The summed E-state index contributed by atoms with van der Waals surface area (Å²) in [6.45, 7) is 0.925. The van der Waals surface area contributed by atoms with E-state index in [1.807, 2.05) is 24.3 Å². The molecule has 0 fully saturated rings. The molecule has 0 aromatic heterocycles. The monoisotopic (exact) mass is 367 g/mol. The zero-order valence-corrected chi connectivity index (χ0v) is 14.0. The molecule has 0 saturated carbocycles. The lowest BCUT2D eigenvalue weighted by Crippen LogP contribution is -2.30. The van der Waals surface area contributed by atoms with Crippen molar-refractivity contribution in [2.45, 2.75) is 23.2 Å². The highest BCUT2D eigenvalue weighted by atomic mass is 32.2. The SMILES string of the molecule is O=S(=O)(c1ccccc1)C(F)(F)/C(F)=C/CN1Cc2ccccc2C1. The van der Waals surface area contributed by atoms with Crippen molar-refractivity contribution in [2.24, 2.45) is 0 Å². The molecule has 0 bridgehead atoms. The molecule has 2 aromatic rings. The van der Waals surface area contributed by atoms with Crippen molar-refractivity contribution >= 4 is 9.84 Å². The van der Waals surface area contributed by atoms with Gasteiger partial charge in [0.2, 0.25) is 0 Å². The Morgan fingerprint density at radius 1 is 1.00 bits per heavy atom. The zero-order valence-electron chi connectivity index (χ0n) is 13.2. The Bertz CT molecular complexity index is 871. The number of alkyl halides is 2. The Labute approximate surface area is 144 Å². The van der Waals surface area contributed by atoms with Crippen molar-refractivity contribution in [2.75, 3.05) is 6.54 Å². The third-order valence-corrected chi connectivity index (χ3v) is 5.87. The minimum Gasteiger partial charge on any atom is -0.291 e. The summed E-state index contributed by atoms with van der Waals surface area (Å²) >= 11 is 0. The van der Waals surface area contributed by atoms with Crippen molar-refractivity contribution in [1.29, 1.82) is 0 Å². The van der Waals surface area contributed by atoms with Gasteiger partial charge < -0.3 is 0 Å². The number of halogens is 3.